The Balaban J connectivity index is 1.70. The quantitative estimate of drug-likeness (QED) is 0.668. The summed E-state index contributed by atoms with van der Waals surface area (Å²) in [6.45, 7) is 1.25. The van der Waals surface area contributed by atoms with E-state index >= 15 is 0 Å². The van der Waals surface area contributed by atoms with Gasteiger partial charge in [-0.05, 0) is 31.2 Å². The lowest BCUT2D eigenvalue weighted by atomic mass is 10.2. The fourth-order valence-electron chi connectivity index (χ4n) is 2.33. The highest BCUT2D eigenvalue weighted by Gasteiger charge is 2.37. The van der Waals surface area contributed by atoms with Crippen molar-refractivity contribution in [2.75, 3.05) is 11.4 Å². The van der Waals surface area contributed by atoms with Crippen molar-refractivity contribution in [3.63, 3.8) is 0 Å². The Morgan fingerprint density at radius 3 is 2.62 bits per heavy atom. The minimum absolute atomic E-state index is 0.0584. The molecule has 1 unspecified atom stereocenters. The first-order valence-electron chi connectivity index (χ1n) is 7.53. The Morgan fingerprint density at radius 1 is 1.35 bits per heavy atom. The molecule has 1 fully saturated rings. The third kappa shape index (κ3) is 3.41. The first-order chi connectivity index (χ1) is 12.3. The zero-order chi connectivity index (χ0) is 18.8. The van der Waals surface area contributed by atoms with Crippen molar-refractivity contribution in [3.8, 4) is 11.4 Å². The summed E-state index contributed by atoms with van der Waals surface area (Å²) in [5, 5.41) is 14.6. The van der Waals surface area contributed by atoms with Crippen LogP contribution in [0.15, 0.2) is 33.6 Å². The number of ether oxygens (including phenoxy) is 1. The number of carboxylic acid groups (broad SMARTS) is 1. The summed E-state index contributed by atoms with van der Waals surface area (Å²) in [6.07, 6.45) is -1.84. The van der Waals surface area contributed by atoms with Crippen LogP contribution in [0.1, 0.15) is 6.92 Å². The Bertz CT molecular complexity index is 901. The summed E-state index contributed by atoms with van der Waals surface area (Å²) in [7, 11) is 0. The summed E-state index contributed by atoms with van der Waals surface area (Å²) in [5.41, 5.74) is 1.03. The number of carbonyl (C=O) groups excluding carboxylic acids is 2. The van der Waals surface area contributed by atoms with Crippen molar-refractivity contribution in [2.45, 2.75) is 19.1 Å². The highest BCUT2D eigenvalue weighted by Crippen LogP contribution is 2.24. The number of aromatic nitrogens is 2. The molecule has 2 heterocycles. The van der Waals surface area contributed by atoms with Gasteiger partial charge in [0.2, 0.25) is 0 Å². The summed E-state index contributed by atoms with van der Waals surface area (Å²) < 4.78 is 9.42. The number of nitrogens with one attached hydrogen (secondary N) is 2. The van der Waals surface area contributed by atoms with Crippen LogP contribution in [0, 0.1) is 0 Å². The summed E-state index contributed by atoms with van der Waals surface area (Å²) in [5.74, 6) is -2.32. The van der Waals surface area contributed by atoms with Gasteiger partial charge in [-0.3, -0.25) is 24.0 Å². The lowest BCUT2D eigenvalue weighted by molar-refractivity contribution is -0.142. The van der Waals surface area contributed by atoms with E-state index in [9.17, 15) is 19.2 Å². The van der Waals surface area contributed by atoms with Crippen molar-refractivity contribution < 1.29 is 28.8 Å². The minimum Gasteiger partial charge on any atom is -0.480 e. The number of aromatic amines is 1. The van der Waals surface area contributed by atoms with Crippen LogP contribution in [0.5, 0.6) is 0 Å². The summed E-state index contributed by atoms with van der Waals surface area (Å²) in [6, 6.07) is 5.29. The third-order valence-corrected chi connectivity index (χ3v) is 3.73. The van der Waals surface area contributed by atoms with Gasteiger partial charge in [0, 0.05) is 11.3 Å². The Morgan fingerprint density at radius 2 is 2.04 bits per heavy atom. The second-order valence-corrected chi connectivity index (χ2v) is 5.54. The van der Waals surface area contributed by atoms with Gasteiger partial charge in [0.25, 0.3) is 5.91 Å². The Hall–Kier alpha value is -3.63. The molecule has 136 valence electrons. The smallest absolute Gasteiger partial charge is 0.439 e. The molecule has 2 amide bonds. The average molecular weight is 362 g/mol. The first kappa shape index (κ1) is 17.2. The molecule has 3 N–H and O–H groups in total. The van der Waals surface area contributed by atoms with Crippen molar-refractivity contribution in [1.82, 2.24) is 15.5 Å². The molecule has 1 aliphatic heterocycles. The van der Waals surface area contributed by atoms with Gasteiger partial charge in [-0.15, -0.1) is 0 Å². The van der Waals surface area contributed by atoms with E-state index in [4.69, 9.17) is 9.84 Å². The largest absolute Gasteiger partial charge is 0.480 e. The summed E-state index contributed by atoms with van der Waals surface area (Å²) in [4.78, 5) is 49.4. The van der Waals surface area contributed by atoms with E-state index in [1.165, 1.54) is 11.8 Å². The molecule has 1 saturated heterocycles. The van der Waals surface area contributed by atoms with Crippen LogP contribution in [-0.2, 0) is 14.3 Å². The maximum absolute atomic E-state index is 12.0. The van der Waals surface area contributed by atoms with Crippen LogP contribution in [0.3, 0.4) is 0 Å². The van der Waals surface area contributed by atoms with Gasteiger partial charge >= 0.3 is 17.8 Å². The first-order valence-corrected chi connectivity index (χ1v) is 7.53. The molecule has 11 nitrogen and oxygen atoms in total. The molecule has 0 spiro atoms. The number of anilines is 1. The van der Waals surface area contributed by atoms with E-state index in [0.29, 0.717) is 11.3 Å². The topological polar surface area (TPSA) is 155 Å². The second-order valence-electron chi connectivity index (χ2n) is 5.54. The molecule has 3 rings (SSSR count). The molecule has 11 heteroatoms. The van der Waals surface area contributed by atoms with Crippen LogP contribution < -0.4 is 16.0 Å². The van der Waals surface area contributed by atoms with Crippen LogP contribution >= 0.6 is 0 Å². The number of carboxylic acids is 1. The zero-order valence-electron chi connectivity index (χ0n) is 13.5. The van der Waals surface area contributed by atoms with Gasteiger partial charge in [-0.1, -0.05) is 5.16 Å². The van der Waals surface area contributed by atoms with Gasteiger partial charge in [0.15, 0.2) is 11.9 Å². The predicted octanol–water partition coefficient (Wildman–Crippen LogP) is -0.0556. The normalized spacial score (nSPS) is 17.7. The standard InChI is InChI=1S/C15H14N4O7/c1-7(13(21)22)16-12(20)10-6-19(15(24)25-10)9-4-2-8(3-5-9)11-17-14(23)26-18-11/h2-5,7,10H,6H2,1H3,(H,16,20)(H,21,22)(H,17,18,23)/t7-,10?/m1/s1. The van der Waals surface area contributed by atoms with Crippen LogP contribution in [0.25, 0.3) is 11.4 Å². The van der Waals surface area contributed by atoms with Crippen LogP contribution in [-0.4, -0.2) is 51.9 Å². The number of aliphatic carboxylic acids is 1. The lowest BCUT2D eigenvalue weighted by Crippen LogP contribution is -2.45. The number of benzene rings is 1. The molecule has 0 saturated carbocycles. The van der Waals surface area contributed by atoms with Gasteiger partial charge in [0.1, 0.15) is 6.04 Å². The van der Waals surface area contributed by atoms with E-state index in [0.717, 1.165) is 0 Å². The molecule has 1 aromatic heterocycles. The molecule has 26 heavy (non-hydrogen) atoms. The monoisotopic (exact) mass is 362 g/mol. The zero-order valence-corrected chi connectivity index (χ0v) is 13.5. The second kappa shape index (κ2) is 6.70. The summed E-state index contributed by atoms with van der Waals surface area (Å²) >= 11 is 0. The Kier molecular flexibility index (Phi) is 4.43. The molecule has 2 atom stereocenters. The molecule has 0 aliphatic carbocycles. The minimum atomic E-state index is -1.19. The fraction of sp³-hybridized carbons (Fsp3) is 0.267. The number of hydrogen-bond donors (Lipinski definition) is 3. The third-order valence-electron chi connectivity index (χ3n) is 3.73. The molecule has 1 aliphatic rings. The van der Waals surface area contributed by atoms with Crippen molar-refractivity contribution >= 4 is 23.7 Å². The molecular formula is C15H14N4O7. The number of carbonyl (C=O) groups is 3. The highest BCUT2D eigenvalue weighted by molar-refractivity contribution is 5.96. The average Bonchev–Trinajstić information content (AvgIpc) is 3.21. The van der Waals surface area contributed by atoms with E-state index in [-0.39, 0.29) is 12.4 Å². The van der Waals surface area contributed by atoms with E-state index in [2.05, 4.69) is 20.0 Å². The van der Waals surface area contributed by atoms with Gasteiger partial charge in [-0.2, -0.15) is 0 Å². The van der Waals surface area contributed by atoms with Crippen molar-refractivity contribution in [3.05, 3.63) is 34.8 Å². The van der Waals surface area contributed by atoms with E-state index < -0.39 is 35.9 Å². The number of nitrogens with zero attached hydrogens (tertiary/aromatic N) is 2. The fourth-order valence-corrected chi connectivity index (χ4v) is 2.33. The molecular weight excluding hydrogens is 348 g/mol. The number of hydrogen-bond acceptors (Lipinski definition) is 7. The number of H-pyrrole nitrogens is 1. The van der Waals surface area contributed by atoms with Crippen molar-refractivity contribution in [2.24, 2.45) is 0 Å². The van der Waals surface area contributed by atoms with Crippen molar-refractivity contribution in [1.29, 1.82) is 0 Å². The Labute approximate surface area is 145 Å². The number of amides is 2. The van der Waals surface area contributed by atoms with E-state index in [1.54, 1.807) is 24.3 Å². The van der Waals surface area contributed by atoms with Gasteiger partial charge in [0.05, 0.1) is 6.54 Å². The lowest BCUT2D eigenvalue weighted by Gasteiger charge is -2.14. The molecule has 0 radical (unpaired) electrons. The van der Waals surface area contributed by atoms with Crippen LogP contribution in [0.4, 0.5) is 10.5 Å². The SMILES string of the molecule is C[C@@H](NC(=O)C1CN(c2ccc(-c3noc(=O)[nH]3)cc2)C(=O)O1)C(=O)O. The number of rotatable bonds is 5. The highest BCUT2D eigenvalue weighted by atomic mass is 16.6. The maximum atomic E-state index is 12.0. The maximum Gasteiger partial charge on any atom is 0.439 e. The van der Waals surface area contributed by atoms with Gasteiger partial charge in [-0.25, -0.2) is 9.59 Å². The molecule has 1 aromatic carbocycles. The van der Waals surface area contributed by atoms with Gasteiger partial charge < -0.3 is 15.2 Å². The van der Waals surface area contributed by atoms with Crippen LogP contribution in [0.2, 0.25) is 0 Å². The number of cyclic esters (lactones) is 1. The van der Waals surface area contributed by atoms with E-state index in [1.807, 2.05) is 0 Å². The molecule has 0 bridgehead atoms. The predicted molar refractivity (Wildman–Crippen MR) is 85.4 cm³/mol. The molecule has 2 aromatic rings.